The van der Waals surface area contributed by atoms with Gasteiger partial charge in [0.05, 0.1) is 13.7 Å². The normalized spacial score (nSPS) is 10.7. The molecule has 0 bridgehead atoms. The topological polar surface area (TPSA) is 73.7 Å². The number of pyridine rings is 2. The van der Waals surface area contributed by atoms with Crippen LogP contribution in [0.15, 0.2) is 54.7 Å². The summed E-state index contributed by atoms with van der Waals surface area (Å²) >= 11 is 0. The predicted octanol–water partition coefficient (Wildman–Crippen LogP) is 4.58. The Balaban J connectivity index is 0.000000913. The van der Waals surface area contributed by atoms with Gasteiger partial charge in [-0.05, 0) is 41.6 Å². The molecule has 0 aliphatic rings. The van der Waals surface area contributed by atoms with Gasteiger partial charge < -0.3 is 19.3 Å². The van der Waals surface area contributed by atoms with Crippen LogP contribution in [0.5, 0.6) is 11.5 Å². The molecule has 0 radical (unpaired) electrons. The number of fused-ring (bicyclic) bond motifs is 2. The number of benzene rings is 2. The van der Waals surface area contributed by atoms with Crippen molar-refractivity contribution < 1.29 is 19.3 Å². The highest BCUT2D eigenvalue weighted by Crippen LogP contribution is 2.29. The van der Waals surface area contributed by atoms with Gasteiger partial charge in [-0.25, -0.2) is 4.98 Å². The zero-order valence-electron chi connectivity index (χ0n) is 19.1. The van der Waals surface area contributed by atoms with Crippen LogP contribution in [0.1, 0.15) is 23.9 Å². The Labute approximate surface area is 188 Å². The minimum Gasteiger partial charge on any atom is -0.497 e. The maximum atomic E-state index is 9.07. The van der Waals surface area contributed by atoms with Gasteiger partial charge in [0.2, 0.25) is 0 Å². The molecule has 2 aromatic carbocycles. The number of hydrogen-bond acceptors (Lipinski definition) is 6. The van der Waals surface area contributed by atoms with E-state index in [-0.39, 0.29) is 13.2 Å². The molecule has 1 N–H and O–H groups in total. The van der Waals surface area contributed by atoms with Crippen molar-refractivity contribution in [2.45, 2.75) is 19.8 Å². The molecule has 6 nitrogen and oxygen atoms in total. The van der Waals surface area contributed by atoms with Crippen LogP contribution in [-0.4, -0.2) is 49.6 Å². The minimum absolute atomic E-state index is 0.0268. The Morgan fingerprint density at radius 3 is 2.50 bits per heavy atom. The summed E-state index contributed by atoms with van der Waals surface area (Å²) in [7, 11) is 4.93. The number of aromatic nitrogens is 2. The van der Waals surface area contributed by atoms with Gasteiger partial charge in [0, 0.05) is 49.0 Å². The third-order valence-electron chi connectivity index (χ3n) is 5.06. The average molecular weight is 435 g/mol. The van der Waals surface area contributed by atoms with Crippen molar-refractivity contribution in [3.05, 3.63) is 71.7 Å². The van der Waals surface area contributed by atoms with E-state index in [2.05, 4.69) is 34.8 Å². The van der Waals surface area contributed by atoms with E-state index in [1.807, 2.05) is 36.5 Å². The van der Waals surface area contributed by atoms with Crippen LogP contribution in [0.3, 0.4) is 0 Å². The monoisotopic (exact) mass is 434 g/mol. The lowest BCUT2D eigenvalue weighted by Gasteiger charge is -2.12. The zero-order chi connectivity index (χ0) is 22.9. The highest BCUT2D eigenvalue weighted by atomic mass is 16.5. The van der Waals surface area contributed by atoms with Crippen molar-refractivity contribution >= 4 is 21.7 Å². The van der Waals surface area contributed by atoms with Gasteiger partial charge in [-0.1, -0.05) is 31.2 Å². The van der Waals surface area contributed by atoms with Crippen molar-refractivity contribution in [1.82, 2.24) is 9.97 Å². The van der Waals surface area contributed by atoms with E-state index in [0.717, 1.165) is 45.4 Å². The number of methoxy groups -OCH3 is 2. The molecule has 0 aliphatic carbocycles. The summed E-state index contributed by atoms with van der Waals surface area (Å²) in [5.41, 5.74) is 3.94. The lowest BCUT2D eigenvalue weighted by molar-refractivity contribution is 0.202. The molecule has 2 heterocycles. The SMILES string of the molecule is CCc1ncc(Cc2ccc3cccc(OCCO)c3n2)c2ccc(OC)cc12.COC. The van der Waals surface area contributed by atoms with E-state index in [1.54, 1.807) is 21.3 Å². The molecule has 2 aromatic heterocycles. The van der Waals surface area contributed by atoms with Crippen molar-refractivity contribution in [2.75, 3.05) is 34.5 Å². The molecule has 0 saturated carbocycles. The van der Waals surface area contributed by atoms with E-state index < -0.39 is 0 Å². The molecule has 0 atom stereocenters. The van der Waals surface area contributed by atoms with E-state index in [1.165, 1.54) is 5.39 Å². The Bertz CT molecular complexity index is 1180. The third-order valence-corrected chi connectivity index (χ3v) is 5.06. The summed E-state index contributed by atoms with van der Waals surface area (Å²) in [4.78, 5) is 9.53. The number of ether oxygens (including phenoxy) is 3. The fourth-order valence-corrected chi connectivity index (χ4v) is 3.61. The Kier molecular flexibility index (Phi) is 8.36. The van der Waals surface area contributed by atoms with Gasteiger partial charge in [-0.2, -0.15) is 0 Å². The van der Waals surface area contributed by atoms with E-state index >= 15 is 0 Å². The number of hydrogen-bond donors (Lipinski definition) is 1. The number of nitrogens with zero attached hydrogens (tertiary/aromatic N) is 2. The summed E-state index contributed by atoms with van der Waals surface area (Å²) in [6, 6.07) is 16.1. The fraction of sp³-hybridized carbons (Fsp3) is 0.308. The molecule has 0 saturated heterocycles. The lowest BCUT2D eigenvalue weighted by atomic mass is 10.00. The first-order valence-electron chi connectivity index (χ1n) is 10.6. The van der Waals surface area contributed by atoms with Crippen molar-refractivity contribution in [3.8, 4) is 11.5 Å². The van der Waals surface area contributed by atoms with Crippen molar-refractivity contribution in [2.24, 2.45) is 0 Å². The number of aliphatic hydroxyl groups is 1. The molecular formula is C26H30N2O4. The van der Waals surface area contributed by atoms with Crippen LogP contribution in [0.2, 0.25) is 0 Å². The molecule has 0 aliphatic heterocycles. The highest BCUT2D eigenvalue weighted by Gasteiger charge is 2.11. The number of rotatable bonds is 7. The summed E-state index contributed by atoms with van der Waals surface area (Å²) < 4.78 is 15.3. The number of aliphatic hydroxyl groups excluding tert-OH is 1. The third kappa shape index (κ3) is 5.33. The molecule has 6 heteroatoms. The second kappa shape index (κ2) is 11.4. The first-order chi connectivity index (χ1) is 15.6. The molecular weight excluding hydrogens is 404 g/mol. The number of aryl methyl sites for hydroxylation is 1. The van der Waals surface area contributed by atoms with Crippen molar-refractivity contribution in [3.63, 3.8) is 0 Å². The lowest BCUT2D eigenvalue weighted by Crippen LogP contribution is -2.03. The molecule has 4 aromatic rings. The van der Waals surface area contributed by atoms with Crippen LogP contribution >= 0.6 is 0 Å². The average Bonchev–Trinajstić information content (AvgIpc) is 2.83. The quantitative estimate of drug-likeness (QED) is 0.459. The standard InChI is InChI=1S/C24H24N2O3.C2H6O/c1-3-22-21-14-19(28-2)9-10-20(21)17(15-25-22)13-18-8-7-16-5-4-6-23(24(16)26-18)29-12-11-27;1-3-2/h4-10,14-15,27H,3,11-13H2,1-2H3;1-2H3. The molecule has 0 spiro atoms. The summed E-state index contributed by atoms with van der Waals surface area (Å²) in [5.74, 6) is 1.52. The first kappa shape index (κ1) is 23.4. The zero-order valence-corrected chi connectivity index (χ0v) is 19.1. The summed E-state index contributed by atoms with van der Waals surface area (Å²) in [6.07, 6.45) is 3.49. The fourth-order valence-electron chi connectivity index (χ4n) is 3.61. The minimum atomic E-state index is -0.0268. The van der Waals surface area contributed by atoms with Gasteiger partial charge in [-0.3, -0.25) is 4.98 Å². The maximum Gasteiger partial charge on any atom is 0.145 e. The van der Waals surface area contributed by atoms with Crippen LogP contribution in [-0.2, 0) is 17.6 Å². The van der Waals surface area contributed by atoms with Crippen molar-refractivity contribution in [1.29, 1.82) is 0 Å². The van der Waals surface area contributed by atoms with Crippen LogP contribution in [0.25, 0.3) is 21.7 Å². The summed E-state index contributed by atoms with van der Waals surface area (Å²) in [6.45, 7) is 2.33. The van der Waals surface area contributed by atoms with E-state index in [9.17, 15) is 0 Å². The van der Waals surface area contributed by atoms with Gasteiger partial charge in [0.25, 0.3) is 0 Å². The molecule has 32 heavy (non-hydrogen) atoms. The molecule has 4 rings (SSSR count). The summed E-state index contributed by atoms with van der Waals surface area (Å²) in [5, 5.41) is 12.4. The van der Waals surface area contributed by atoms with Crippen LogP contribution in [0, 0.1) is 0 Å². The van der Waals surface area contributed by atoms with Gasteiger partial charge >= 0.3 is 0 Å². The molecule has 0 amide bonds. The van der Waals surface area contributed by atoms with Gasteiger partial charge in [-0.15, -0.1) is 0 Å². The largest absolute Gasteiger partial charge is 0.497 e. The van der Waals surface area contributed by atoms with Crippen LogP contribution in [0.4, 0.5) is 0 Å². The van der Waals surface area contributed by atoms with E-state index in [4.69, 9.17) is 19.6 Å². The Hall–Kier alpha value is -3.22. The Morgan fingerprint density at radius 2 is 1.78 bits per heavy atom. The smallest absolute Gasteiger partial charge is 0.145 e. The molecule has 0 unspecified atom stereocenters. The molecule has 168 valence electrons. The Morgan fingerprint density at radius 1 is 0.969 bits per heavy atom. The second-order valence-electron chi connectivity index (χ2n) is 7.28. The van der Waals surface area contributed by atoms with Crippen LogP contribution < -0.4 is 9.47 Å². The van der Waals surface area contributed by atoms with E-state index in [0.29, 0.717) is 12.2 Å². The van der Waals surface area contributed by atoms with Gasteiger partial charge in [0.1, 0.15) is 23.6 Å². The second-order valence-corrected chi connectivity index (χ2v) is 7.28. The number of para-hydroxylation sites is 1. The molecule has 0 fully saturated rings. The van der Waals surface area contributed by atoms with Gasteiger partial charge in [0.15, 0.2) is 0 Å². The first-order valence-corrected chi connectivity index (χ1v) is 10.6. The highest BCUT2D eigenvalue weighted by molar-refractivity contribution is 5.89. The predicted molar refractivity (Wildman–Crippen MR) is 128 cm³/mol. The maximum absolute atomic E-state index is 9.07.